The lowest BCUT2D eigenvalue weighted by atomic mass is 10.0. The van der Waals surface area contributed by atoms with Crippen molar-refractivity contribution in [2.75, 3.05) is 6.61 Å². The minimum Gasteiger partial charge on any atom is -0.461 e. The Labute approximate surface area is 116 Å². The first-order valence-corrected chi connectivity index (χ1v) is 7.07. The molecule has 0 aromatic heterocycles. The molecule has 104 valence electrons. The molecule has 0 radical (unpaired) electrons. The SMILES string of the molecule is CCCCCC=C(COC(C)=O)Cc1ccccc1. The van der Waals surface area contributed by atoms with Crippen LogP contribution in [0.1, 0.15) is 45.1 Å². The van der Waals surface area contributed by atoms with Crippen LogP contribution in [0.15, 0.2) is 42.0 Å². The highest BCUT2D eigenvalue weighted by Crippen LogP contribution is 2.11. The number of hydrogen-bond donors (Lipinski definition) is 0. The predicted octanol–water partition coefficient (Wildman–Crippen LogP) is 4.30. The largest absolute Gasteiger partial charge is 0.461 e. The fourth-order valence-electron chi connectivity index (χ4n) is 1.94. The molecule has 0 unspecified atom stereocenters. The summed E-state index contributed by atoms with van der Waals surface area (Å²) in [6, 6.07) is 10.3. The quantitative estimate of drug-likeness (QED) is 0.396. The fraction of sp³-hybridized carbons (Fsp3) is 0.471. The van der Waals surface area contributed by atoms with Crippen LogP contribution in [0.25, 0.3) is 0 Å². The van der Waals surface area contributed by atoms with Crippen LogP contribution in [0.3, 0.4) is 0 Å². The van der Waals surface area contributed by atoms with Gasteiger partial charge in [-0.2, -0.15) is 0 Å². The lowest BCUT2D eigenvalue weighted by molar-refractivity contribution is -0.140. The van der Waals surface area contributed by atoms with Gasteiger partial charge in [-0.15, -0.1) is 0 Å². The molecule has 0 heterocycles. The second-order valence-electron chi connectivity index (χ2n) is 4.80. The van der Waals surface area contributed by atoms with Crippen LogP contribution in [0.2, 0.25) is 0 Å². The molecule has 2 nitrogen and oxygen atoms in total. The van der Waals surface area contributed by atoms with Crippen molar-refractivity contribution >= 4 is 5.97 Å². The number of carbonyl (C=O) groups excluding carboxylic acids is 1. The highest BCUT2D eigenvalue weighted by molar-refractivity contribution is 5.66. The molecule has 2 heteroatoms. The maximum Gasteiger partial charge on any atom is 0.302 e. The van der Waals surface area contributed by atoms with E-state index in [1.165, 1.54) is 37.3 Å². The molecule has 0 bridgehead atoms. The standard InChI is InChI=1S/C17H24O2/c1-3-4-5-7-12-17(14-19-15(2)18)13-16-10-8-6-9-11-16/h6,8-12H,3-5,7,13-14H2,1-2H3. The number of unbranched alkanes of at least 4 members (excludes halogenated alkanes) is 3. The molecule has 0 amide bonds. The molecule has 0 atom stereocenters. The summed E-state index contributed by atoms with van der Waals surface area (Å²) in [5, 5.41) is 0. The van der Waals surface area contributed by atoms with E-state index < -0.39 is 0 Å². The average Bonchev–Trinajstić information content (AvgIpc) is 2.41. The van der Waals surface area contributed by atoms with Crippen LogP contribution in [0.5, 0.6) is 0 Å². The van der Waals surface area contributed by atoms with Gasteiger partial charge in [0.1, 0.15) is 6.61 Å². The fourth-order valence-corrected chi connectivity index (χ4v) is 1.94. The van der Waals surface area contributed by atoms with Gasteiger partial charge in [-0.25, -0.2) is 0 Å². The van der Waals surface area contributed by atoms with E-state index in [2.05, 4.69) is 25.1 Å². The third kappa shape index (κ3) is 7.45. The number of benzene rings is 1. The second-order valence-corrected chi connectivity index (χ2v) is 4.80. The molecule has 0 spiro atoms. The number of ether oxygens (including phenoxy) is 1. The summed E-state index contributed by atoms with van der Waals surface area (Å²) >= 11 is 0. The number of esters is 1. The first-order chi connectivity index (χ1) is 9.22. The van der Waals surface area contributed by atoms with Gasteiger partial charge in [0.2, 0.25) is 0 Å². The molecule has 1 aromatic rings. The third-order valence-corrected chi connectivity index (χ3v) is 2.98. The molecule has 0 fully saturated rings. The Hall–Kier alpha value is -1.57. The molecule has 0 saturated carbocycles. The molecule has 0 N–H and O–H groups in total. The van der Waals surface area contributed by atoms with E-state index in [9.17, 15) is 4.79 Å². The van der Waals surface area contributed by atoms with Gasteiger partial charge < -0.3 is 4.74 Å². The summed E-state index contributed by atoms with van der Waals surface area (Å²) in [5.41, 5.74) is 2.45. The lowest BCUT2D eigenvalue weighted by Crippen LogP contribution is -2.05. The van der Waals surface area contributed by atoms with E-state index in [0.717, 1.165) is 12.8 Å². The van der Waals surface area contributed by atoms with E-state index >= 15 is 0 Å². The van der Waals surface area contributed by atoms with Crippen LogP contribution in [0.4, 0.5) is 0 Å². The van der Waals surface area contributed by atoms with Crippen LogP contribution in [-0.2, 0) is 16.0 Å². The number of allylic oxidation sites excluding steroid dienone is 1. The van der Waals surface area contributed by atoms with E-state index in [1.54, 1.807) is 0 Å². The predicted molar refractivity (Wildman–Crippen MR) is 79.0 cm³/mol. The minimum atomic E-state index is -0.215. The minimum absolute atomic E-state index is 0.215. The van der Waals surface area contributed by atoms with Crippen molar-refractivity contribution < 1.29 is 9.53 Å². The monoisotopic (exact) mass is 260 g/mol. The van der Waals surface area contributed by atoms with Crippen molar-refractivity contribution in [3.63, 3.8) is 0 Å². The zero-order valence-electron chi connectivity index (χ0n) is 12.0. The van der Waals surface area contributed by atoms with Crippen molar-refractivity contribution in [2.24, 2.45) is 0 Å². The van der Waals surface area contributed by atoms with E-state index in [4.69, 9.17) is 4.74 Å². The average molecular weight is 260 g/mol. The normalized spacial score (nSPS) is 11.4. The summed E-state index contributed by atoms with van der Waals surface area (Å²) in [7, 11) is 0. The Morgan fingerprint density at radius 1 is 1.21 bits per heavy atom. The Morgan fingerprint density at radius 2 is 1.95 bits per heavy atom. The van der Waals surface area contributed by atoms with Crippen LogP contribution in [-0.4, -0.2) is 12.6 Å². The Kier molecular flexibility index (Phi) is 7.64. The van der Waals surface area contributed by atoms with Crippen molar-refractivity contribution in [3.8, 4) is 0 Å². The smallest absolute Gasteiger partial charge is 0.302 e. The molecule has 1 aromatic carbocycles. The third-order valence-electron chi connectivity index (χ3n) is 2.98. The number of carbonyl (C=O) groups is 1. The summed E-state index contributed by atoms with van der Waals surface area (Å²) in [5.74, 6) is -0.215. The van der Waals surface area contributed by atoms with Gasteiger partial charge in [-0.3, -0.25) is 4.79 Å². The topological polar surface area (TPSA) is 26.3 Å². The van der Waals surface area contributed by atoms with E-state index in [1.807, 2.05) is 18.2 Å². The summed E-state index contributed by atoms with van der Waals surface area (Å²) in [6.45, 7) is 4.07. The van der Waals surface area contributed by atoms with Crippen LogP contribution >= 0.6 is 0 Å². The Morgan fingerprint density at radius 3 is 2.58 bits per heavy atom. The van der Waals surface area contributed by atoms with Crippen molar-refractivity contribution in [1.29, 1.82) is 0 Å². The second kappa shape index (κ2) is 9.37. The first-order valence-electron chi connectivity index (χ1n) is 7.07. The molecule has 0 aliphatic carbocycles. The first kappa shape index (κ1) is 15.5. The molecule has 19 heavy (non-hydrogen) atoms. The van der Waals surface area contributed by atoms with E-state index in [-0.39, 0.29) is 5.97 Å². The maximum atomic E-state index is 10.9. The van der Waals surface area contributed by atoms with Gasteiger partial charge >= 0.3 is 5.97 Å². The summed E-state index contributed by atoms with van der Waals surface area (Å²) in [4.78, 5) is 10.9. The van der Waals surface area contributed by atoms with Crippen molar-refractivity contribution in [1.82, 2.24) is 0 Å². The van der Waals surface area contributed by atoms with Crippen molar-refractivity contribution in [2.45, 2.75) is 46.0 Å². The zero-order chi connectivity index (χ0) is 13.9. The number of rotatable bonds is 8. The van der Waals surface area contributed by atoms with Crippen LogP contribution in [0, 0.1) is 0 Å². The highest BCUT2D eigenvalue weighted by Gasteiger charge is 2.02. The molecule has 1 rings (SSSR count). The molecule has 0 aliphatic rings. The molecular weight excluding hydrogens is 236 g/mol. The van der Waals surface area contributed by atoms with Gasteiger partial charge in [0.15, 0.2) is 0 Å². The molecular formula is C17H24O2. The highest BCUT2D eigenvalue weighted by atomic mass is 16.5. The van der Waals surface area contributed by atoms with Crippen molar-refractivity contribution in [3.05, 3.63) is 47.5 Å². The van der Waals surface area contributed by atoms with Gasteiger partial charge in [0, 0.05) is 6.92 Å². The van der Waals surface area contributed by atoms with Gasteiger partial charge in [0.25, 0.3) is 0 Å². The Bertz CT molecular complexity index is 393. The summed E-state index contributed by atoms with van der Waals surface area (Å²) < 4.78 is 5.13. The number of hydrogen-bond acceptors (Lipinski definition) is 2. The van der Waals surface area contributed by atoms with Gasteiger partial charge in [0.05, 0.1) is 0 Å². The summed E-state index contributed by atoms with van der Waals surface area (Å²) in [6.07, 6.45) is 7.84. The van der Waals surface area contributed by atoms with Gasteiger partial charge in [-0.05, 0) is 30.4 Å². The zero-order valence-corrected chi connectivity index (χ0v) is 12.0. The molecule has 0 aliphatic heterocycles. The lowest BCUT2D eigenvalue weighted by Gasteiger charge is -2.08. The maximum absolute atomic E-state index is 10.9. The molecule has 0 saturated heterocycles. The Balaban J connectivity index is 2.55. The van der Waals surface area contributed by atoms with E-state index in [0.29, 0.717) is 6.61 Å². The van der Waals surface area contributed by atoms with Crippen LogP contribution < -0.4 is 0 Å². The van der Waals surface area contributed by atoms with Gasteiger partial charge in [-0.1, -0.05) is 56.2 Å².